The van der Waals surface area contributed by atoms with Crippen molar-refractivity contribution in [3.05, 3.63) is 35.2 Å². The predicted molar refractivity (Wildman–Crippen MR) is 84.9 cm³/mol. The molecular formula is C17H21N3O2. The zero-order valence-electron chi connectivity index (χ0n) is 13.5. The topological polar surface area (TPSA) is 55.3 Å². The fourth-order valence-corrected chi connectivity index (χ4v) is 2.89. The average Bonchev–Trinajstić information content (AvgIpc) is 2.46. The second-order valence-corrected chi connectivity index (χ2v) is 6.07. The highest BCUT2D eigenvalue weighted by Crippen LogP contribution is 2.18. The van der Waals surface area contributed by atoms with Crippen molar-refractivity contribution in [3.8, 4) is 0 Å². The largest absolute Gasteiger partial charge is 0.372 e. The van der Waals surface area contributed by atoms with Gasteiger partial charge in [-0.05, 0) is 45.9 Å². The van der Waals surface area contributed by atoms with Crippen LogP contribution in [0, 0.1) is 13.8 Å². The summed E-state index contributed by atoms with van der Waals surface area (Å²) >= 11 is 0. The number of carbonyl (C=O) groups excluding carboxylic acids is 1. The molecule has 1 amide bonds. The van der Waals surface area contributed by atoms with E-state index in [0.29, 0.717) is 18.7 Å². The van der Waals surface area contributed by atoms with Crippen molar-refractivity contribution in [3.63, 3.8) is 0 Å². The Labute approximate surface area is 130 Å². The highest BCUT2D eigenvalue weighted by molar-refractivity contribution is 5.97. The van der Waals surface area contributed by atoms with Gasteiger partial charge in [-0.1, -0.05) is 0 Å². The Morgan fingerprint density at radius 2 is 1.68 bits per heavy atom. The van der Waals surface area contributed by atoms with Crippen LogP contribution in [-0.4, -0.2) is 46.1 Å². The maximum atomic E-state index is 12.7. The van der Waals surface area contributed by atoms with E-state index in [9.17, 15) is 4.79 Å². The van der Waals surface area contributed by atoms with Crippen molar-refractivity contribution in [2.24, 2.45) is 0 Å². The molecule has 1 aromatic carbocycles. The van der Waals surface area contributed by atoms with Crippen LogP contribution >= 0.6 is 0 Å². The van der Waals surface area contributed by atoms with E-state index >= 15 is 0 Å². The smallest absolute Gasteiger partial charge is 0.254 e. The maximum absolute atomic E-state index is 12.7. The Morgan fingerprint density at radius 3 is 2.32 bits per heavy atom. The number of aromatic nitrogens is 2. The molecule has 3 rings (SSSR count). The van der Waals surface area contributed by atoms with Gasteiger partial charge < -0.3 is 9.64 Å². The van der Waals surface area contributed by atoms with E-state index < -0.39 is 0 Å². The van der Waals surface area contributed by atoms with Crippen LogP contribution in [0.1, 0.15) is 35.6 Å². The maximum Gasteiger partial charge on any atom is 0.254 e. The lowest BCUT2D eigenvalue weighted by atomic mass is 10.1. The molecular weight excluding hydrogens is 278 g/mol. The Bertz CT molecular complexity index is 719. The molecule has 22 heavy (non-hydrogen) atoms. The Morgan fingerprint density at radius 1 is 1.09 bits per heavy atom. The highest BCUT2D eigenvalue weighted by atomic mass is 16.5. The number of amides is 1. The lowest BCUT2D eigenvalue weighted by Crippen LogP contribution is -2.48. The summed E-state index contributed by atoms with van der Waals surface area (Å²) in [5.74, 6) is 0.0314. The van der Waals surface area contributed by atoms with Crippen molar-refractivity contribution in [2.75, 3.05) is 13.1 Å². The Balaban J connectivity index is 1.92. The van der Waals surface area contributed by atoms with Gasteiger partial charge in [-0.3, -0.25) is 4.79 Å². The summed E-state index contributed by atoms with van der Waals surface area (Å²) in [6, 6.07) is 5.54. The van der Waals surface area contributed by atoms with Crippen molar-refractivity contribution < 1.29 is 9.53 Å². The molecule has 1 aliphatic heterocycles. The number of aryl methyl sites for hydroxylation is 2. The first kappa shape index (κ1) is 14.9. The summed E-state index contributed by atoms with van der Waals surface area (Å²) in [6.07, 6.45) is 0.135. The van der Waals surface area contributed by atoms with Crippen LogP contribution in [-0.2, 0) is 4.74 Å². The fourth-order valence-electron chi connectivity index (χ4n) is 2.89. The van der Waals surface area contributed by atoms with E-state index in [2.05, 4.69) is 9.97 Å². The number of hydrogen-bond acceptors (Lipinski definition) is 4. The number of carbonyl (C=O) groups is 1. The number of fused-ring (bicyclic) bond motifs is 1. The van der Waals surface area contributed by atoms with Gasteiger partial charge in [0.15, 0.2) is 0 Å². The van der Waals surface area contributed by atoms with Gasteiger partial charge in [0.25, 0.3) is 5.91 Å². The van der Waals surface area contributed by atoms with Gasteiger partial charge >= 0.3 is 0 Å². The van der Waals surface area contributed by atoms with Gasteiger partial charge in [-0.2, -0.15) is 0 Å². The number of ether oxygens (including phenoxy) is 1. The molecule has 2 aromatic rings. The molecule has 0 radical (unpaired) electrons. The summed E-state index contributed by atoms with van der Waals surface area (Å²) < 4.78 is 5.69. The van der Waals surface area contributed by atoms with Crippen LogP contribution < -0.4 is 0 Å². The Kier molecular flexibility index (Phi) is 3.83. The molecule has 1 fully saturated rings. The highest BCUT2D eigenvalue weighted by Gasteiger charge is 2.26. The van der Waals surface area contributed by atoms with Crippen molar-refractivity contribution in [1.29, 1.82) is 0 Å². The first-order valence-corrected chi connectivity index (χ1v) is 7.64. The average molecular weight is 299 g/mol. The first-order chi connectivity index (χ1) is 10.4. The third-order valence-corrected chi connectivity index (χ3v) is 4.03. The minimum absolute atomic E-state index is 0.0314. The fraction of sp³-hybridized carbons (Fsp3) is 0.471. The molecule has 2 unspecified atom stereocenters. The predicted octanol–water partition coefficient (Wildman–Crippen LogP) is 2.50. The molecule has 0 saturated carbocycles. The standard InChI is InChI=1S/C17H21N3O2/c1-10-8-20(9-11(2)22-10)17(21)14-5-6-15-16(7-14)19-13(4)12(3)18-15/h5-7,10-11H,8-9H2,1-4H3. The van der Waals surface area contributed by atoms with Gasteiger partial charge in [-0.25, -0.2) is 9.97 Å². The molecule has 1 aromatic heterocycles. The molecule has 0 spiro atoms. The Hall–Kier alpha value is -2.01. The van der Waals surface area contributed by atoms with Crippen molar-refractivity contribution in [2.45, 2.75) is 39.9 Å². The van der Waals surface area contributed by atoms with Gasteiger partial charge in [0.1, 0.15) is 0 Å². The van der Waals surface area contributed by atoms with E-state index in [1.165, 1.54) is 0 Å². The monoisotopic (exact) mass is 299 g/mol. The van der Waals surface area contributed by atoms with Gasteiger partial charge in [0.2, 0.25) is 0 Å². The number of hydrogen-bond donors (Lipinski definition) is 0. The molecule has 2 heterocycles. The van der Waals surface area contributed by atoms with Crippen LogP contribution in [0.15, 0.2) is 18.2 Å². The van der Waals surface area contributed by atoms with Crippen molar-refractivity contribution >= 4 is 16.9 Å². The quantitative estimate of drug-likeness (QED) is 0.812. The number of benzene rings is 1. The molecule has 1 aliphatic rings. The lowest BCUT2D eigenvalue weighted by Gasteiger charge is -2.35. The SMILES string of the molecule is Cc1nc2ccc(C(=O)N3CC(C)OC(C)C3)cc2nc1C. The molecule has 5 heteroatoms. The van der Waals surface area contributed by atoms with Crippen LogP contribution in [0.4, 0.5) is 0 Å². The summed E-state index contributed by atoms with van der Waals surface area (Å²) in [5, 5.41) is 0. The molecule has 5 nitrogen and oxygen atoms in total. The summed E-state index contributed by atoms with van der Waals surface area (Å²) in [5.41, 5.74) is 4.06. The summed E-state index contributed by atoms with van der Waals surface area (Å²) in [6.45, 7) is 9.11. The van der Waals surface area contributed by atoms with Crippen LogP contribution in [0.2, 0.25) is 0 Å². The van der Waals surface area contributed by atoms with Crippen LogP contribution in [0.5, 0.6) is 0 Å². The molecule has 0 aliphatic carbocycles. The zero-order chi connectivity index (χ0) is 15.9. The van der Waals surface area contributed by atoms with E-state index in [1.807, 2.05) is 50.8 Å². The zero-order valence-corrected chi connectivity index (χ0v) is 13.5. The molecule has 1 saturated heterocycles. The number of morpholine rings is 1. The van der Waals surface area contributed by atoms with Crippen LogP contribution in [0.3, 0.4) is 0 Å². The van der Waals surface area contributed by atoms with E-state index in [-0.39, 0.29) is 18.1 Å². The summed E-state index contributed by atoms with van der Waals surface area (Å²) in [7, 11) is 0. The van der Waals surface area contributed by atoms with Crippen LogP contribution in [0.25, 0.3) is 11.0 Å². The molecule has 0 bridgehead atoms. The molecule has 2 atom stereocenters. The second-order valence-electron chi connectivity index (χ2n) is 6.07. The molecule has 0 N–H and O–H groups in total. The van der Waals surface area contributed by atoms with Crippen molar-refractivity contribution in [1.82, 2.24) is 14.9 Å². The van der Waals surface area contributed by atoms with Gasteiger partial charge in [0.05, 0.1) is 34.6 Å². The van der Waals surface area contributed by atoms with E-state index in [1.54, 1.807) is 0 Å². The van der Waals surface area contributed by atoms with Gasteiger partial charge in [-0.15, -0.1) is 0 Å². The van der Waals surface area contributed by atoms with E-state index in [4.69, 9.17) is 4.74 Å². The third-order valence-electron chi connectivity index (χ3n) is 4.03. The first-order valence-electron chi connectivity index (χ1n) is 7.64. The van der Waals surface area contributed by atoms with E-state index in [0.717, 1.165) is 22.4 Å². The number of nitrogens with zero attached hydrogens (tertiary/aromatic N) is 3. The second kappa shape index (κ2) is 5.65. The minimum Gasteiger partial charge on any atom is -0.372 e. The lowest BCUT2D eigenvalue weighted by molar-refractivity contribution is -0.0586. The third kappa shape index (κ3) is 2.81. The molecule has 116 valence electrons. The summed E-state index contributed by atoms with van der Waals surface area (Å²) in [4.78, 5) is 23.6. The van der Waals surface area contributed by atoms with Gasteiger partial charge in [0, 0.05) is 18.7 Å². The number of rotatable bonds is 1. The normalized spacial score (nSPS) is 22.1. The minimum atomic E-state index is 0.0314.